The van der Waals surface area contributed by atoms with E-state index in [2.05, 4.69) is 15.1 Å². The van der Waals surface area contributed by atoms with Gasteiger partial charge in [-0.25, -0.2) is 13.8 Å². The Morgan fingerprint density at radius 1 is 1.50 bits per heavy atom. The van der Waals surface area contributed by atoms with E-state index in [0.717, 1.165) is 4.52 Å². The second-order valence-electron chi connectivity index (χ2n) is 3.52. The number of aryl methyl sites for hydroxylation is 1. The van der Waals surface area contributed by atoms with Gasteiger partial charge in [0.15, 0.2) is 0 Å². The molecule has 0 aromatic carbocycles. The van der Waals surface area contributed by atoms with Crippen molar-refractivity contribution in [2.24, 2.45) is 0 Å². The van der Waals surface area contributed by atoms with Crippen LogP contribution in [0, 0.1) is 0 Å². The fourth-order valence-corrected chi connectivity index (χ4v) is 1.39. The van der Waals surface area contributed by atoms with Crippen LogP contribution in [0.1, 0.15) is 24.4 Å². The number of aromatic amines is 1. The summed E-state index contributed by atoms with van der Waals surface area (Å²) in [6.45, 7) is 0. The number of rotatable bonds is 4. The monoisotopic (exact) mass is 258 g/mol. The molecule has 0 spiro atoms. The van der Waals surface area contributed by atoms with Gasteiger partial charge in [-0.2, -0.15) is 9.50 Å². The Morgan fingerprint density at radius 3 is 2.83 bits per heavy atom. The molecule has 0 unspecified atom stereocenters. The molecule has 9 heteroatoms. The first-order valence-electron chi connectivity index (χ1n) is 4.96. The highest BCUT2D eigenvalue weighted by molar-refractivity contribution is 5.66. The van der Waals surface area contributed by atoms with E-state index in [4.69, 9.17) is 5.11 Å². The molecule has 18 heavy (non-hydrogen) atoms. The van der Waals surface area contributed by atoms with Gasteiger partial charge in [-0.3, -0.25) is 14.7 Å². The van der Waals surface area contributed by atoms with Gasteiger partial charge < -0.3 is 5.11 Å². The van der Waals surface area contributed by atoms with Gasteiger partial charge in [-0.1, -0.05) is 0 Å². The van der Waals surface area contributed by atoms with Crippen molar-refractivity contribution in [2.45, 2.75) is 19.3 Å². The first kappa shape index (κ1) is 12.1. The zero-order valence-corrected chi connectivity index (χ0v) is 8.93. The van der Waals surface area contributed by atoms with E-state index in [9.17, 15) is 18.4 Å². The van der Waals surface area contributed by atoms with Crippen LogP contribution in [-0.2, 0) is 11.2 Å². The average Bonchev–Trinajstić information content (AvgIpc) is 2.69. The number of carbonyl (C=O) groups is 1. The van der Waals surface area contributed by atoms with E-state index < -0.39 is 23.6 Å². The molecule has 7 nitrogen and oxygen atoms in total. The Hall–Kier alpha value is -2.32. The standard InChI is InChI=1S/C9H8F2N4O3/c10-8(11)4-3-6(16)15-9(12-4)13-5(14-15)1-2-7(17)18/h3,8H,1-2H2,(H,17,18)(H,12,13,14). The zero-order valence-electron chi connectivity index (χ0n) is 8.93. The van der Waals surface area contributed by atoms with E-state index in [1.165, 1.54) is 0 Å². The average molecular weight is 258 g/mol. The van der Waals surface area contributed by atoms with Crippen LogP contribution in [0.2, 0.25) is 0 Å². The highest BCUT2D eigenvalue weighted by Crippen LogP contribution is 2.14. The van der Waals surface area contributed by atoms with Crippen LogP contribution in [0.3, 0.4) is 0 Å². The van der Waals surface area contributed by atoms with E-state index in [1.54, 1.807) is 0 Å². The number of aliphatic carboxylic acids is 1. The van der Waals surface area contributed by atoms with Crippen molar-refractivity contribution in [1.82, 2.24) is 19.6 Å². The Morgan fingerprint density at radius 2 is 2.22 bits per heavy atom. The summed E-state index contributed by atoms with van der Waals surface area (Å²) in [6.07, 6.45) is -2.99. The van der Waals surface area contributed by atoms with Gasteiger partial charge >= 0.3 is 5.97 Å². The number of hydrogen-bond donors (Lipinski definition) is 2. The second-order valence-corrected chi connectivity index (χ2v) is 3.52. The molecule has 0 amide bonds. The van der Waals surface area contributed by atoms with Crippen LogP contribution >= 0.6 is 0 Å². The number of halogens is 2. The van der Waals surface area contributed by atoms with Crippen molar-refractivity contribution in [2.75, 3.05) is 0 Å². The van der Waals surface area contributed by atoms with Gasteiger partial charge in [0.1, 0.15) is 11.5 Å². The first-order chi connectivity index (χ1) is 8.47. The minimum absolute atomic E-state index is 0.0577. The molecule has 0 aliphatic heterocycles. The quantitative estimate of drug-likeness (QED) is 0.825. The molecule has 2 heterocycles. The summed E-state index contributed by atoms with van der Waals surface area (Å²) in [6, 6.07) is 0.705. The Kier molecular flexibility index (Phi) is 3.04. The number of carboxylic acids is 1. The predicted molar refractivity (Wildman–Crippen MR) is 54.5 cm³/mol. The van der Waals surface area contributed by atoms with Gasteiger partial charge in [0.25, 0.3) is 17.8 Å². The lowest BCUT2D eigenvalue weighted by atomic mass is 10.3. The predicted octanol–water partition coefficient (Wildman–Crippen LogP) is 0.372. The van der Waals surface area contributed by atoms with Crippen molar-refractivity contribution < 1.29 is 18.7 Å². The van der Waals surface area contributed by atoms with Crippen LogP contribution in [0.4, 0.5) is 8.78 Å². The number of aromatic nitrogens is 4. The molecule has 96 valence electrons. The molecule has 0 saturated carbocycles. The SMILES string of the molecule is O=C(O)CCc1nc2nc(C(F)F)cc(=O)n2[nH]1. The summed E-state index contributed by atoms with van der Waals surface area (Å²) in [5.41, 5.74) is -1.37. The zero-order chi connectivity index (χ0) is 13.3. The molecule has 0 atom stereocenters. The molecular formula is C9H8F2N4O3. The van der Waals surface area contributed by atoms with Crippen LogP contribution in [0.25, 0.3) is 5.78 Å². The number of alkyl halides is 2. The maximum absolute atomic E-state index is 12.4. The molecule has 0 radical (unpaired) electrons. The van der Waals surface area contributed by atoms with Crippen LogP contribution in [0.15, 0.2) is 10.9 Å². The molecule has 0 bridgehead atoms. The van der Waals surface area contributed by atoms with Crippen molar-refractivity contribution in [3.8, 4) is 0 Å². The summed E-state index contributed by atoms with van der Waals surface area (Å²) < 4.78 is 25.7. The number of nitrogens with one attached hydrogen (secondary N) is 1. The van der Waals surface area contributed by atoms with E-state index in [0.29, 0.717) is 6.07 Å². The maximum Gasteiger partial charge on any atom is 0.303 e. The molecule has 0 fully saturated rings. The minimum atomic E-state index is -2.86. The molecule has 0 saturated heterocycles. The summed E-state index contributed by atoms with van der Waals surface area (Å²) in [7, 11) is 0. The highest BCUT2D eigenvalue weighted by Gasteiger charge is 2.14. The molecular weight excluding hydrogens is 250 g/mol. The second kappa shape index (κ2) is 4.51. The van der Waals surface area contributed by atoms with Gasteiger partial charge in [0.05, 0.1) is 6.42 Å². The van der Waals surface area contributed by atoms with Crippen molar-refractivity contribution in [1.29, 1.82) is 0 Å². The van der Waals surface area contributed by atoms with Crippen LogP contribution < -0.4 is 5.56 Å². The summed E-state index contributed by atoms with van der Waals surface area (Å²) in [4.78, 5) is 29.1. The lowest BCUT2D eigenvalue weighted by Gasteiger charge is -1.96. The van der Waals surface area contributed by atoms with Gasteiger partial charge in [0, 0.05) is 12.5 Å². The van der Waals surface area contributed by atoms with Gasteiger partial charge in [-0.05, 0) is 0 Å². The minimum Gasteiger partial charge on any atom is -0.481 e. The summed E-state index contributed by atoms with van der Waals surface area (Å²) >= 11 is 0. The molecule has 2 rings (SSSR count). The number of fused-ring (bicyclic) bond motifs is 1. The number of nitrogens with zero attached hydrogens (tertiary/aromatic N) is 3. The number of hydrogen-bond acceptors (Lipinski definition) is 4. The van der Waals surface area contributed by atoms with Crippen molar-refractivity contribution in [3.63, 3.8) is 0 Å². The van der Waals surface area contributed by atoms with Gasteiger partial charge in [-0.15, -0.1) is 0 Å². The maximum atomic E-state index is 12.4. The summed E-state index contributed by atoms with van der Waals surface area (Å²) in [5.74, 6) is -1.02. The van der Waals surface area contributed by atoms with E-state index in [-0.39, 0.29) is 24.4 Å². The lowest BCUT2D eigenvalue weighted by Crippen LogP contribution is -2.16. The fourth-order valence-electron chi connectivity index (χ4n) is 1.39. The Labute approximate surface area is 98.1 Å². The van der Waals surface area contributed by atoms with Gasteiger partial charge in [0.2, 0.25) is 0 Å². The molecule has 0 aliphatic carbocycles. The number of carboxylic acid groups (broad SMARTS) is 1. The fraction of sp³-hybridized carbons (Fsp3) is 0.333. The Balaban J connectivity index is 2.41. The molecule has 0 aliphatic rings. The molecule has 2 N–H and O–H groups in total. The first-order valence-corrected chi connectivity index (χ1v) is 4.96. The topological polar surface area (TPSA) is 100 Å². The largest absolute Gasteiger partial charge is 0.481 e. The third-order valence-corrected chi connectivity index (χ3v) is 2.20. The van der Waals surface area contributed by atoms with Crippen LogP contribution in [-0.4, -0.2) is 30.7 Å². The van der Waals surface area contributed by atoms with E-state index in [1.807, 2.05) is 0 Å². The third kappa shape index (κ3) is 2.34. The summed E-state index contributed by atoms with van der Waals surface area (Å²) in [5, 5.41) is 11.0. The lowest BCUT2D eigenvalue weighted by molar-refractivity contribution is -0.137. The Bertz CT molecular complexity index is 649. The van der Waals surface area contributed by atoms with Crippen molar-refractivity contribution in [3.05, 3.63) is 27.9 Å². The molecule has 2 aromatic rings. The normalized spacial score (nSPS) is 11.3. The highest BCUT2D eigenvalue weighted by atomic mass is 19.3. The van der Waals surface area contributed by atoms with E-state index >= 15 is 0 Å². The molecule has 2 aromatic heterocycles. The smallest absolute Gasteiger partial charge is 0.303 e. The van der Waals surface area contributed by atoms with Crippen molar-refractivity contribution >= 4 is 11.7 Å². The van der Waals surface area contributed by atoms with Crippen LogP contribution in [0.5, 0.6) is 0 Å². The third-order valence-electron chi connectivity index (χ3n) is 2.20. The number of H-pyrrole nitrogens is 1.